The quantitative estimate of drug-likeness (QED) is 0.624. The molecule has 0 radical (unpaired) electrons. The summed E-state index contributed by atoms with van der Waals surface area (Å²) in [4.78, 5) is 0. The van der Waals surface area contributed by atoms with Crippen LogP contribution in [0.5, 0.6) is 0 Å². The second kappa shape index (κ2) is 7.09. The van der Waals surface area contributed by atoms with Crippen LogP contribution in [0.15, 0.2) is 22.7 Å². The molecule has 1 aromatic carbocycles. The molecule has 0 aliphatic carbocycles. The minimum Gasteiger partial charge on any atom is -0.271 e. The third-order valence-corrected chi connectivity index (χ3v) is 3.69. The normalized spacial score (nSPS) is 14.6. The zero-order chi connectivity index (χ0) is 12.8. The summed E-state index contributed by atoms with van der Waals surface area (Å²) in [6, 6.07) is 5.34. The van der Waals surface area contributed by atoms with E-state index in [1.807, 2.05) is 12.1 Å². The van der Waals surface area contributed by atoms with Crippen LogP contribution >= 0.6 is 15.9 Å². The van der Waals surface area contributed by atoms with Gasteiger partial charge in [0.15, 0.2) is 0 Å². The maximum Gasteiger partial charge on any atom is 0.137 e. The van der Waals surface area contributed by atoms with Crippen molar-refractivity contribution in [3.05, 3.63) is 34.1 Å². The molecule has 0 saturated carbocycles. The van der Waals surface area contributed by atoms with E-state index in [4.69, 9.17) is 5.84 Å². The number of rotatable bonds is 6. The number of nitrogens with one attached hydrogen (secondary N) is 1. The molecule has 1 aromatic rings. The van der Waals surface area contributed by atoms with Crippen molar-refractivity contribution < 1.29 is 4.39 Å². The van der Waals surface area contributed by atoms with Crippen molar-refractivity contribution in [2.45, 2.75) is 39.2 Å². The molecule has 17 heavy (non-hydrogen) atoms. The van der Waals surface area contributed by atoms with Crippen LogP contribution in [0.2, 0.25) is 0 Å². The van der Waals surface area contributed by atoms with Gasteiger partial charge >= 0.3 is 0 Å². The summed E-state index contributed by atoms with van der Waals surface area (Å²) in [6.45, 7) is 4.35. The Balaban J connectivity index is 2.70. The number of benzene rings is 1. The third-order valence-electron chi connectivity index (χ3n) is 3.08. The predicted molar refractivity (Wildman–Crippen MR) is 73.0 cm³/mol. The van der Waals surface area contributed by atoms with Crippen molar-refractivity contribution in [2.24, 2.45) is 11.8 Å². The fourth-order valence-corrected chi connectivity index (χ4v) is 2.43. The van der Waals surface area contributed by atoms with Crippen LogP contribution in [-0.4, -0.2) is 6.04 Å². The number of hydrogen-bond acceptors (Lipinski definition) is 2. The summed E-state index contributed by atoms with van der Waals surface area (Å²) < 4.78 is 13.6. The van der Waals surface area contributed by atoms with Crippen molar-refractivity contribution >= 4 is 15.9 Å². The first-order chi connectivity index (χ1) is 8.08. The molecular formula is C13H20BrFN2. The fraction of sp³-hybridized carbons (Fsp3) is 0.538. The number of hydrogen-bond donors (Lipinski definition) is 2. The molecular weight excluding hydrogens is 283 g/mol. The van der Waals surface area contributed by atoms with Gasteiger partial charge in [0, 0.05) is 6.04 Å². The number of hydrazine groups is 1. The lowest BCUT2D eigenvalue weighted by Crippen LogP contribution is -2.41. The molecule has 2 atom stereocenters. The Labute approximate surface area is 111 Å². The topological polar surface area (TPSA) is 38.0 Å². The van der Waals surface area contributed by atoms with E-state index < -0.39 is 0 Å². The van der Waals surface area contributed by atoms with E-state index in [2.05, 4.69) is 35.2 Å². The van der Waals surface area contributed by atoms with E-state index in [0.717, 1.165) is 24.8 Å². The fourth-order valence-electron chi connectivity index (χ4n) is 2.00. The van der Waals surface area contributed by atoms with E-state index in [0.29, 0.717) is 10.4 Å². The molecule has 0 amide bonds. The first kappa shape index (κ1) is 14.6. The van der Waals surface area contributed by atoms with Gasteiger partial charge in [0.05, 0.1) is 4.47 Å². The van der Waals surface area contributed by atoms with E-state index in [1.165, 1.54) is 6.07 Å². The standard InChI is InChI=1S/C13H20BrFN2/c1-3-4-9(2)13(17-16)8-10-5-6-12(15)11(14)7-10/h5-7,9,13,17H,3-4,8,16H2,1-2H3. The highest BCUT2D eigenvalue weighted by Crippen LogP contribution is 2.20. The zero-order valence-corrected chi connectivity index (χ0v) is 11.9. The van der Waals surface area contributed by atoms with Crippen molar-refractivity contribution in [3.8, 4) is 0 Å². The maximum atomic E-state index is 13.1. The summed E-state index contributed by atoms with van der Waals surface area (Å²) in [5, 5.41) is 0. The molecule has 4 heteroatoms. The third kappa shape index (κ3) is 4.37. The Morgan fingerprint density at radius 3 is 2.71 bits per heavy atom. The van der Waals surface area contributed by atoms with Crippen LogP contribution in [0.4, 0.5) is 4.39 Å². The predicted octanol–water partition coefficient (Wildman–Crippen LogP) is 3.40. The van der Waals surface area contributed by atoms with Gasteiger partial charge in [-0.05, 0) is 52.4 Å². The van der Waals surface area contributed by atoms with Crippen LogP contribution in [0.3, 0.4) is 0 Å². The first-order valence-electron chi connectivity index (χ1n) is 5.98. The number of nitrogens with two attached hydrogens (primary N) is 1. The lowest BCUT2D eigenvalue weighted by atomic mass is 9.92. The van der Waals surface area contributed by atoms with Gasteiger partial charge in [-0.25, -0.2) is 4.39 Å². The van der Waals surface area contributed by atoms with Gasteiger partial charge in [-0.1, -0.05) is 26.3 Å². The minimum absolute atomic E-state index is 0.229. The highest BCUT2D eigenvalue weighted by molar-refractivity contribution is 9.10. The summed E-state index contributed by atoms with van der Waals surface area (Å²) in [7, 11) is 0. The van der Waals surface area contributed by atoms with Crippen LogP contribution in [-0.2, 0) is 6.42 Å². The Hall–Kier alpha value is -0.450. The molecule has 96 valence electrons. The van der Waals surface area contributed by atoms with Gasteiger partial charge < -0.3 is 0 Å². The summed E-state index contributed by atoms with van der Waals surface area (Å²) in [6.07, 6.45) is 3.10. The molecule has 0 aliphatic rings. The highest BCUT2D eigenvalue weighted by Gasteiger charge is 2.16. The largest absolute Gasteiger partial charge is 0.271 e. The molecule has 0 fully saturated rings. The van der Waals surface area contributed by atoms with E-state index >= 15 is 0 Å². The molecule has 0 aromatic heterocycles. The second-order valence-electron chi connectivity index (χ2n) is 4.49. The van der Waals surface area contributed by atoms with E-state index in [9.17, 15) is 4.39 Å². The van der Waals surface area contributed by atoms with E-state index in [1.54, 1.807) is 0 Å². The van der Waals surface area contributed by atoms with E-state index in [-0.39, 0.29) is 11.9 Å². The average molecular weight is 303 g/mol. The Morgan fingerprint density at radius 1 is 1.47 bits per heavy atom. The molecule has 2 unspecified atom stereocenters. The molecule has 0 aliphatic heterocycles. The highest BCUT2D eigenvalue weighted by atomic mass is 79.9. The summed E-state index contributed by atoms with van der Waals surface area (Å²) in [5.74, 6) is 5.86. The van der Waals surface area contributed by atoms with Gasteiger partial charge in [-0.3, -0.25) is 11.3 Å². The molecule has 0 bridgehead atoms. The van der Waals surface area contributed by atoms with Gasteiger partial charge in [0.2, 0.25) is 0 Å². The van der Waals surface area contributed by atoms with Gasteiger partial charge in [0.1, 0.15) is 5.82 Å². The second-order valence-corrected chi connectivity index (χ2v) is 5.35. The van der Waals surface area contributed by atoms with Crippen LogP contribution in [0.25, 0.3) is 0 Å². The Morgan fingerprint density at radius 2 is 2.18 bits per heavy atom. The zero-order valence-electron chi connectivity index (χ0n) is 10.3. The molecule has 0 saturated heterocycles. The lowest BCUT2D eigenvalue weighted by Gasteiger charge is -2.23. The average Bonchev–Trinajstić information content (AvgIpc) is 2.30. The summed E-state index contributed by atoms with van der Waals surface area (Å²) >= 11 is 3.20. The lowest BCUT2D eigenvalue weighted by molar-refractivity contribution is 0.356. The van der Waals surface area contributed by atoms with Crippen molar-refractivity contribution in [1.82, 2.24) is 5.43 Å². The Bertz CT molecular complexity index is 357. The Kier molecular flexibility index (Phi) is 6.09. The van der Waals surface area contributed by atoms with Crippen molar-refractivity contribution in [3.63, 3.8) is 0 Å². The monoisotopic (exact) mass is 302 g/mol. The summed E-state index contributed by atoms with van der Waals surface area (Å²) in [5.41, 5.74) is 3.95. The van der Waals surface area contributed by atoms with Gasteiger partial charge in [-0.2, -0.15) is 0 Å². The molecule has 2 nitrogen and oxygen atoms in total. The van der Waals surface area contributed by atoms with Crippen molar-refractivity contribution in [1.29, 1.82) is 0 Å². The first-order valence-corrected chi connectivity index (χ1v) is 6.77. The van der Waals surface area contributed by atoms with Gasteiger partial charge in [0.25, 0.3) is 0 Å². The maximum absolute atomic E-state index is 13.1. The molecule has 0 spiro atoms. The molecule has 1 rings (SSSR count). The van der Waals surface area contributed by atoms with Crippen LogP contribution < -0.4 is 11.3 Å². The van der Waals surface area contributed by atoms with Crippen LogP contribution in [0, 0.1) is 11.7 Å². The minimum atomic E-state index is -0.229. The SMILES string of the molecule is CCCC(C)C(Cc1ccc(F)c(Br)c1)NN. The smallest absolute Gasteiger partial charge is 0.137 e. The molecule has 3 N–H and O–H groups in total. The van der Waals surface area contributed by atoms with Crippen LogP contribution in [0.1, 0.15) is 32.3 Å². The molecule has 0 heterocycles. The number of halogens is 2. The van der Waals surface area contributed by atoms with Gasteiger partial charge in [-0.15, -0.1) is 0 Å². The van der Waals surface area contributed by atoms with Crippen molar-refractivity contribution in [2.75, 3.05) is 0 Å².